The molecule has 0 bridgehead atoms. The van der Waals surface area contributed by atoms with Gasteiger partial charge in [0, 0.05) is 29.4 Å². The number of halogens is 1. The van der Waals surface area contributed by atoms with E-state index in [1.807, 2.05) is 0 Å². The van der Waals surface area contributed by atoms with Gasteiger partial charge in [-0.05, 0) is 12.1 Å². The Balaban J connectivity index is 1.73. The number of nitrogens with one attached hydrogen (secondary N) is 2. The molecule has 0 aliphatic rings. The molecule has 22 heavy (non-hydrogen) atoms. The average molecular weight is 321 g/mol. The Labute approximate surface area is 130 Å². The van der Waals surface area contributed by atoms with Crippen LogP contribution in [0.25, 0.3) is 11.0 Å². The maximum Gasteiger partial charge on any atom is 0.287 e. The lowest BCUT2D eigenvalue weighted by molar-refractivity contribution is 0.0928. The largest absolute Gasteiger partial charge is 0.493 e. The minimum absolute atomic E-state index is 0.204. The summed E-state index contributed by atoms with van der Waals surface area (Å²) in [5, 5.41) is 14.1. The van der Waals surface area contributed by atoms with Crippen molar-refractivity contribution >= 4 is 28.5 Å². The highest BCUT2D eigenvalue weighted by Gasteiger charge is 2.15. The normalized spacial score (nSPS) is 10.8. The van der Waals surface area contributed by atoms with Crippen molar-refractivity contribution in [1.82, 2.24) is 20.7 Å². The lowest BCUT2D eigenvalue weighted by Crippen LogP contribution is -2.25. The van der Waals surface area contributed by atoms with Gasteiger partial charge in [-0.2, -0.15) is 15.4 Å². The fourth-order valence-corrected chi connectivity index (χ4v) is 2.30. The summed E-state index contributed by atoms with van der Waals surface area (Å²) in [5.41, 5.74) is 1.27. The van der Waals surface area contributed by atoms with Gasteiger partial charge in [-0.3, -0.25) is 4.79 Å². The van der Waals surface area contributed by atoms with E-state index in [9.17, 15) is 4.79 Å². The van der Waals surface area contributed by atoms with Crippen LogP contribution in [-0.4, -0.2) is 35.0 Å². The van der Waals surface area contributed by atoms with E-state index in [4.69, 9.17) is 20.8 Å². The molecule has 2 aromatic heterocycles. The molecule has 3 rings (SSSR count). The van der Waals surface area contributed by atoms with Gasteiger partial charge in [0.15, 0.2) is 17.1 Å². The van der Waals surface area contributed by atoms with E-state index in [2.05, 4.69) is 20.7 Å². The van der Waals surface area contributed by atoms with Crippen LogP contribution in [0.2, 0.25) is 5.02 Å². The second kappa shape index (κ2) is 6.07. The highest BCUT2D eigenvalue weighted by Crippen LogP contribution is 2.32. The number of H-pyrrole nitrogens is 1. The van der Waals surface area contributed by atoms with E-state index < -0.39 is 0 Å². The van der Waals surface area contributed by atoms with E-state index in [-0.39, 0.29) is 11.7 Å². The van der Waals surface area contributed by atoms with Gasteiger partial charge in [-0.15, -0.1) is 0 Å². The van der Waals surface area contributed by atoms with Crippen LogP contribution in [0.5, 0.6) is 5.75 Å². The maximum absolute atomic E-state index is 12.1. The van der Waals surface area contributed by atoms with Crippen LogP contribution in [-0.2, 0) is 6.42 Å². The second-order valence-electron chi connectivity index (χ2n) is 4.60. The fraction of sp³-hybridized carbons (Fsp3) is 0.214. The summed E-state index contributed by atoms with van der Waals surface area (Å²) in [6.07, 6.45) is 2.19. The molecule has 0 saturated carbocycles. The molecule has 7 nitrogen and oxygen atoms in total. The monoisotopic (exact) mass is 320 g/mol. The Morgan fingerprint density at radius 1 is 1.45 bits per heavy atom. The Morgan fingerprint density at radius 2 is 2.32 bits per heavy atom. The van der Waals surface area contributed by atoms with Crippen LogP contribution in [0, 0.1) is 0 Å². The van der Waals surface area contributed by atoms with Gasteiger partial charge < -0.3 is 14.5 Å². The van der Waals surface area contributed by atoms with Gasteiger partial charge in [-0.1, -0.05) is 11.6 Å². The topological polar surface area (TPSA) is 93.0 Å². The first-order valence-electron chi connectivity index (χ1n) is 6.57. The summed E-state index contributed by atoms with van der Waals surface area (Å²) in [5.74, 6) is 0.387. The number of aromatic amines is 1. The molecule has 1 aromatic carbocycles. The minimum atomic E-state index is -0.308. The number of methoxy groups -OCH3 is 1. The summed E-state index contributed by atoms with van der Waals surface area (Å²) < 4.78 is 10.8. The highest BCUT2D eigenvalue weighted by molar-refractivity contribution is 6.31. The molecule has 2 N–H and O–H groups in total. The molecule has 0 fully saturated rings. The molecule has 0 aliphatic carbocycles. The van der Waals surface area contributed by atoms with E-state index >= 15 is 0 Å². The van der Waals surface area contributed by atoms with E-state index in [0.717, 1.165) is 5.69 Å². The summed E-state index contributed by atoms with van der Waals surface area (Å²) in [7, 11) is 1.52. The van der Waals surface area contributed by atoms with Gasteiger partial charge in [-0.25, -0.2) is 0 Å². The number of amides is 1. The molecular formula is C14H13ClN4O3. The molecule has 0 saturated heterocycles. The lowest BCUT2D eigenvalue weighted by atomic mass is 10.2. The van der Waals surface area contributed by atoms with Crippen molar-refractivity contribution in [2.75, 3.05) is 13.7 Å². The molecule has 0 atom stereocenters. The van der Waals surface area contributed by atoms with Crippen molar-refractivity contribution in [3.05, 3.63) is 40.9 Å². The number of hydrogen-bond donors (Lipinski definition) is 2. The van der Waals surface area contributed by atoms with Crippen LogP contribution in [0.4, 0.5) is 0 Å². The quantitative estimate of drug-likeness (QED) is 0.751. The van der Waals surface area contributed by atoms with Crippen LogP contribution < -0.4 is 10.1 Å². The number of furan rings is 1. The van der Waals surface area contributed by atoms with E-state index in [1.165, 1.54) is 7.11 Å². The molecular weight excluding hydrogens is 308 g/mol. The van der Waals surface area contributed by atoms with Crippen molar-refractivity contribution in [2.45, 2.75) is 6.42 Å². The molecule has 0 radical (unpaired) electrons. The predicted octanol–water partition coefficient (Wildman–Crippen LogP) is 2.19. The molecule has 2 heterocycles. The molecule has 1 amide bonds. The first kappa shape index (κ1) is 14.4. The number of rotatable bonds is 5. The average Bonchev–Trinajstić information content (AvgIpc) is 3.15. The Morgan fingerprint density at radius 3 is 3.05 bits per heavy atom. The van der Waals surface area contributed by atoms with Crippen LogP contribution in [0.3, 0.4) is 0 Å². The smallest absolute Gasteiger partial charge is 0.287 e. The molecule has 0 unspecified atom stereocenters. The van der Waals surface area contributed by atoms with Gasteiger partial charge in [0.05, 0.1) is 19.0 Å². The molecule has 3 aromatic rings. The number of carbonyl (C=O) groups excluding carboxylic acids is 1. The zero-order valence-corrected chi connectivity index (χ0v) is 12.5. The third-order valence-electron chi connectivity index (χ3n) is 3.12. The number of fused-ring (bicyclic) bond motifs is 1. The number of benzene rings is 1. The van der Waals surface area contributed by atoms with Gasteiger partial charge in [0.2, 0.25) is 0 Å². The molecule has 0 spiro atoms. The third kappa shape index (κ3) is 2.89. The third-order valence-corrected chi connectivity index (χ3v) is 3.34. The van der Waals surface area contributed by atoms with Gasteiger partial charge >= 0.3 is 0 Å². The number of hydrogen-bond acceptors (Lipinski definition) is 5. The highest BCUT2D eigenvalue weighted by atomic mass is 35.5. The summed E-state index contributed by atoms with van der Waals surface area (Å²) >= 11 is 5.99. The molecule has 8 heteroatoms. The zero-order chi connectivity index (χ0) is 15.5. The number of aromatic nitrogens is 3. The van der Waals surface area contributed by atoms with E-state index in [0.29, 0.717) is 34.7 Å². The minimum Gasteiger partial charge on any atom is -0.493 e. The Hall–Kier alpha value is -2.54. The van der Waals surface area contributed by atoms with Crippen LogP contribution in [0.15, 0.2) is 28.8 Å². The van der Waals surface area contributed by atoms with Crippen molar-refractivity contribution in [3.8, 4) is 5.75 Å². The molecule has 114 valence electrons. The first-order chi connectivity index (χ1) is 10.7. The second-order valence-corrected chi connectivity index (χ2v) is 5.04. The SMILES string of the molecule is COc1cc(Cl)cc2cc(C(=O)NCCc3cn[nH]n3)oc12. The standard InChI is InChI=1S/C14H13ClN4O3/c1-21-11-6-9(15)4-8-5-12(22-13(8)11)14(20)16-3-2-10-7-17-19-18-10/h4-7H,2-3H2,1H3,(H,16,20)(H,17,18,19). The summed E-state index contributed by atoms with van der Waals surface area (Å²) in [6, 6.07) is 4.99. The van der Waals surface area contributed by atoms with Crippen molar-refractivity contribution in [3.63, 3.8) is 0 Å². The van der Waals surface area contributed by atoms with Crippen molar-refractivity contribution < 1.29 is 13.9 Å². The number of carbonyl (C=O) groups is 1. The van der Waals surface area contributed by atoms with Crippen LogP contribution in [0.1, 0.15) is 16.2 Å². The van der Waals surface area contributed by atoms with Crippen LogP contribution >= 0.6 is 11.6 Å². The Kier molecular flexibility index (Phi) is 3.97. The first-order valence-corrected chi connectivity index (χ1v) is 6.95. The number of ether oxygens (including phenoxy) is 1. The fourth-order valence-electron chi connectivity index (χ4n) is 2.09. The van der Waals surface area contributed by atoms with Crippen molar-refractivity contribution in [1.29, 1.82) is 0 Å². The Bertz CT molecular complexity index is 798. The molecule has 0 aliphatic heterocycles. The van der Waals surface area contributed by atoms with Crippen molar-refractivity contribution in [2.24, 2.45) is 0 Å². The maximum atomic E-state index is 12.1. The van der Waals surface area contributed by atoms with E-state index in [1.54, 1.807) is 24.4 Å². The summed E-state index contributed by atoms with van der Waals surface area (Å²) in [6.45, 7) is 0.431. The van der Waals surface area contributed by atoms with Gasteiger partial charge in [0.1, 0.15) is 0 Å². The number of nitrogens with zero attached hydrogens (tertiary/aromatic N) is 2. The zero-order valence-electron chi connectivity index (χ0n) is 11.7. The lowest BCUT2D eigenvalue weighted by Gasteiger charge is -2.01. The van der Waals surface area contributed by atoms with Gasteiger partial charge in [0.25, 0.3) is 5.91 Å². The summed E-state index contributed by atoms with van der Waals surface area (Å²) in [4.78, 5) is 12.1. The predicted molar refractivity (Wildman–Crippen MR) is 80.2 cm³/mol.